The number of rotatable bonds is 3. The van der Waals surface area contributed by atoms with Crippen LogP contribution >= 0.6 is 15.9 Å². The predicted molar refractivity (Wildman–Crippen MR) is 83.5 cm³/mol. The van der Waals surface area contributed by atoms with Crippen LogP contribution in [0.15, 0.2) is 41.4 Å². The summed E-state index contributed by atoms with van der Waals surface area (Å²) in [6.07, 6.45) is 8.15. The summed E-state index contributed by atoms with van der Waals surface area (Å²) >= 11 is 3.33. The van der Waals surface area contributed by atoms with E-state index in [0.29, 0.717) is 24.7 Å². The number of amides is 1. The number of hydrogen-bond acceptors (Lipinski definition) is 5. The Morgan fingerprint density at radius 1 is 1.23 bits per heavy atom. The summed E-state index contributed by atoms with van der Waals surface area (Å²) in [6.45, 7) is 1.31. The topological polar surface area (TPSA) is 68.2 Å². The Bertz CT molecular complexity index is 645. The number of nitrogens with zero attached hydrogens (tertiary/aromatic N) is 4. The third kappa shape index (κ3) is 3.59. The molecule has 1 amide bonds. The average Bonchev–Trinajstić information content (AvgIpc) is 2.56. The van der Waals surface area contributed by atoms with Gasteiger partial charge in [0.15, 0.2) is 0 Å². The fourth-order valence-electron chi connectivity index (χ4n) is 2.38. The molecule has 2 aromatic heterocycles. The van der Waals surface area contributed by atoms with Gasteiger partial charge in [-0.1, -0.05) is 0 Å². The molecule has 114 valence electrons. The Morgan fingerprint density at radius 3 is 2.64 bits per heavy atom. The van der Waals surface area contributed by atoms with Crippen molar-refractivity contribution in [3.63, 3.8) is 0 Å². The van der Waals surface area contributed by atoms with Crippen LogP contribution in [0.5, 0.6) is 6.01 Å². The van der Waals surface area contributed by atoms with Crippen molar-refractivity contribution in [2.45, 2.75) is 18.9 Å². The van der Waals surface area contributed by atoms with E-state index in [4.69, 9.17) is 4.74 Å². The number of aromatic nitrogens is 3. The summed E-state index contributed by atoms with van der Waals surface area (Å²) in [7, 11) is 0. The highest BCUT2D eigenvalue weighted by Crippen LogP contribution is 2.18. The minimum Gasteiger partial charge on any atom is -0.460 e. The van der Waals surface area contributed by atoms with E-state index in [1.54, 1.807) is 36.9 Å². The summed E-state index contributed by atoms with van der Waals surface area (Å²) in [6, 6.07) is 3.93. The minimum absolute atomic E-state index is 0.00297. The van der Waals surface area contributed by atoms with Crippen molar-refractivity contribution in [1.29, 1.82) is 0 Å². The molecular formula is C15H15BrN4O2. The first kappa shape index (κ1) is 14.9. The smallest absolute Gasteiger partial charge is 0.316 e. The molecule has 0 atom stereocenters. The van der Waals surface area contributed by atoms with Crippen LogP contribution < -0.4 is 4.74 Å². The van der Waals surface area contributed by atoms with E-state index in [1.807, 2.05) is 4.90 Å². The van der Waals surface area contributed by atoms with Crippen LogP contribution in [-0.4, -0.2) is 45.0 Å². The summed E-state index contributed by atoms with van der Waals surface area (Å²) < 4.78 is 6.53. The Morgan fingerprint density at radius 2 is 1.95 bits per heavy atom. The first-order valence-electron chi connectivity index (χ1n) is 7.06. The molecule has 1 fully saturated rings. The van der Waals surface area contributed by atoms with E-state index in [1.165, 1.54) is 0 Å². The van der Waals surface area contributed by atoms with Gasteiger partial charge in [0.2, 0.25) is 0 Å². The second kappa shape index (κ2) is 6.83. The first-order valence-corrected chi connectivity index (χ1v) is 7.85. The van der Waals surface area contributed by atoms with Crippen molar-refractivity contribution in [2.24, 2.45) is 0 Å². The van der Waals surface area contributed by atoms with Gasteiger partial charge in [-0.2, -0.15) is 0 Å². The van der Waals surface area contributed by atoms with Gasteiger partial charge in [0.1, 0.15) is 6.10 Å². The third-order valence-electron chi connectivity index (χ3n) is 3.50. The van der Waals surface area contributed by atoms with E-state index < -0.39 is 0 Å². The zero-order valence-corrected chi connectivity index (χ0v) is 13.4. The van der Waals surface area contributed by atoms with E-state index >= 15 is 0 Å². The normalized spacial score (nSPS) is 15.6. The van der Waals surface area contributed by atoms with Gasteiger partial charge in [-0.25, -0.2) is 9.97 Å². The van der Waals surface area contributed by atoms with Crippen LogP contribution in [0.25, 0.3) is 0 Å². The van der Waals surface area contributed by atoms with Crippen LogP contribution in [-0.2, 0) is 0 Å². The average molecular weight is 363 g/mol. The van der Waals surface area contributed by atoms with Gasteiger partial charge in [0, 0.05) is 55.2 Å². The summed E-state index contributed by atoms with van der Waals surface area (Å²) in [4.78, 5) is 26.4. The van der Waals surface area contributed by atoms with Gasteiger partial charge in [-0.05, 0) is 28.1 Å². The molecule has 1 saturated heterocycles. The van der Waals surface area contributed by atoms with Gasteiger partial charge in [-0.3, -0.25) is 9.78 Å². The van der Waals surface area contributed by atoms with Crippen molar-refractivity contribution < 1.29 is 9.53 Å². The molecule has 0 radical (unpaired) electrons. The van der Waals surface area contributed by atoms with E-state index in [0.717, 1.165) is 17.3 Å². The summed E-state index contributed by atoms with van der Waals surface area (Å²) in [5, 5.41) is 0. The molecule has 0 N–H and O–H groups in total. The highest BCUT2D eigenvalue weighted by Gasteiger charge is 2.25. The molecule has 2 aromatic rings. The Balaban J connectivity index is 1.56. The standard InChI is InChI=1S/C15H15BrN4O2/c16-12-8-11(9-17-10-12)14(21)20-6-2-13(3-7-20)22-15-18-4-1-5-19-15/h1,4-5,8-10,13H,2-3,6-7H2. The molecule has 0 spiro atoms. The highest BCUT2D eigenvalue weighted by atomic mass is 79.9. The fraction of sp³-hybridized carbons (Fsp3) is 0.333. The fourth-order valence-corrected chi connectivity index (χ4v) is 2.75. The Labute approximate surface area is 136 Å². The lowest BCUT2D eigenvalue weighted by molar-refractivity contribution is 0.0578. The number of likely N-dealkylation sites (tertiary alicyclic amines) is 1. The molecule has 3 rings (SSSR count). The van der Waals surface area contributed by atoms with Gasteiger partial charge < -0.3 is 9.64 Å². The summed E-state index contributed by atoms with van der Waals surface area (Å²) in [5.41, 5.74) is 0.597. The molecule has 1 aliphatic rings. The second-order valence-corrected chi connectivity index (χ2v) is 5.95. The van der Waals surface area contributed by atoms with Crippen molar-refractivity contribution in [1.82, 2.24) is 19.9 Å². The van der Waals surface area contributed by atoms with Crippen LogP contribution in [0.4, 0.5) is 0 Å². The number of ether oxygens (including phenoxy) is 1. The van der Waals surface area contributed by atoms with Crippen molar-refractivity contribution >= 4 is 21.8 Å². The molecule has 3 heterocycles. The zero-order chi connectivity index (χ0) is 15.4. The van der Waals surface area contributed by atoms with Crippen LogP contribution in [0.3, 0.4) is 0 Å². The first-order chi connectivity index (χ1) is 10.7. The molecule has 1 aliphatic heterocycles. The minimum atomic E-state index is 0.00297. The maximum atomic E-state index is 12.4. The SMILES string of the molecule is O=C(c1cncc(Br)c1)N1CCC(Oc2ncccn2)CC1. The lowest BCUT2D eigenvalue weighted by Crippen LogP contribution is -2.42. The van der Waals surface area contributed by atoms with Crippen LogP contribution in [0.2, 0.25) is 0 Å². The predicted octanol–water partition coefficient (Wildman–Crippen LogP) is 2.32. The molecule has 22 heavy (non-hydrogen) atoms. The largest absolute Gasteiger partial charge is 0.460 e. The van der Waals surface area contributed by atoms with Crippen LogP contribution in [0.1, 0.15) is 23.2 Å². The third-order valence-corrected chi connectivity index (χ3v) is 3.93. The number of hydrogen-bond donors (Lipinski definition) is 0. The number of carbonyl (C=O) groups is 1. The van der Waals surface area contributed by atoms with E-state index in [-0.39, 0.29) is 12.0 Å². The lowest BCUT2D eigenvalue weighted by Gasteiger charge is -2.31. The Hall–Kier alpha value is -2.02. The molecular weight excluding hydrogens is 348 g/mol. The van der Waals surface area contributed by atoms with Crippen molar-refractivity contribution in [3.8, 4) is 6.01 Å². The zero-order valence-electron chi connectivity index (χ0n) is 11.9. The molecule has 0 unspecified atom stereocenters. The lowest BCUT2D eigenvalue weighted by atomic mass is 10.1. The number of carbonyl (C=O) groups excluding carboxylic acids is 1. The van der Waals surface area contributed by atoms with Gasteiger partial charge >= 0.3 is 6.01 Å². The second-order valence-electron chi connectivity index (χ2n) is 5.03. The highest BCUT2D eigenvalue weighted by molar-refractivity contribution is 9.10. The molecule has 6 nitrogen and oxygen atoms in total. The van der Waals surface area contributed by atoms with E-state index in [9.17, 15) is 4.79 Å². The van der Waals surface area contributed by atoms with Crippen LogP contribution in [0, 0.1) is 0 Å². The molecule has 0 aliphatic carbocycles. The van der Waals surface area contributed by atoms with Crippen molar-refractivity contribution in [3.05, 3.63) is 47.0 Å². The number of halogens is 1. The van der Waals surface area contributed by atoms with Gasteiger partial charge in [-0.15, -0.1) is 0 Å². The molecule has 0 saturated carbocycles. The number of pyridine rings is 1. The summed E-state index contributed by atoms with van der Waals surface area (Å²) in [5.74, 6) is 0.00297. The van der Waals surface area contributed by atoms with Gasteiger partial charge in [0.05, 0.1) is 5.56 Å². The monoisotopic (exact) mass is 362 g/mol. The molecule has 7 heteroatoms. The van der Waals surface area contributed by atoms with E-state index in [2.05, 4.69) is 30.9 Å². The molecule has 0 bridgehead atoms. The van der Waals surface area contributed by atoms with Gasteiger partial charge in [0.25, 0.3) is 5.91 Å². The maximum Gasteiger partial charge on any atom is 0.316 e. The number of piperidine rings is 1. The molecule has 0 aromatic carbocycles. The maximum absolute atomic E-state index is 12.4. The quantitative estimate of drug-likeness (QED) is 0.837. The van der Waals surface area contributed by atoms with Crippen molar-refractivity contribution in [2.75, 3.05) is 13.1 Å². The Kier molecular flexibility index (Phi) is 4.62.